The maximum Gasteiger partial charge on any atom is 0.0596 e. The molecule has 4 heteroatoms. The zero-order valence-corrected chi connectivity index (χ0v) is 11.8. The van der Waals surface area contributed by atoms with Gasteiger partial charge in [0, 0.05) is 22.9 Å². The minimum Gasteiger partial charge on any atom is -0.270 e. The van der Waals surface area contributed by atoms with E-state index < -0.39 is 0 Å². The Hall–Kier alpha value is 0.170. The van der Waals surface area contributed by atoms with Gasteiger partial charge in [-0.15, -0.1) is 0 Å². The fraction of sp³-hybridized carbons (Fsp3) is 0.700. The molecule has 0 aliphatic carbocycles. The SMILES string of the molecule is CCn1nc(C)cc1CC(CBr)CBr. The maximum absolute atomic E-state index is 4.44. The van der Waals surface area contributed by atoms with E-state index in [1.165, 1.54) is 5.69 Å². The molecule has 0 aliphatic rings. The highest BCUT2D eigenvalue weighted by molar-refractivity contribution is 9.09. The standard InChI is InChI=1S/C10H16Br2N2/c1-3-14-10(4-8(2)13-14)5-9(6-11)7-12/h4,9H,3,5-7H2,1-2H3. The lowest BCUT2D eigenvalue weighted by atomic mass is 10.1. The summed E-state index contributed by atoms with van der Waals surface area (Å²) < 4.78 is 2.09. The lowest BCUT2D eigenvalue weighted by molar-refractivity contribution is 0.573. The van der Waals surface area contributed by atoms with Gasteiger partial charge >= 0.3 is 0 Å². The minimum absolute atomic E-state index is 0.649. The first-order chi connectivity index (χ1) is 6.71. The van der Waals surface area contributed by atoms with Crippen molar-refractivity contribution in [3.63, 3.8) is 0 Å². The van der Waals surface area contributed by atoms with Gasteiger partial charge in [0.2, 0.25) is 0 Å². The van der Waals surface area contributed by atoms with Gasteiger partial charge in [-0.05, 0) is 32.3 Å². The molecule has 0 fully saturated rings. The van der Waals surface area contributed by atoms with Crippen LogP contribution in [0.15, 0.2) is 6.07 Å². The van der Waals surface area contributed by atoms with Crippen LogP contribution in [0.1, 0.15) is 18.3 Å². The van der Waals surface area contributed by atoms with Crippen molar-refractivity contribution in [2.75, 3.05) is 10.7 Å². The molecule has 1 aromatic rings. The predicted molar refractivity (Wildman–Crippen MR) is 67.4 cm³/mol. The first-order valence-electron chi connectivity index (χ1n) is 4.86. The lowest BCUT2D eigenvalue weighted by Gasteiger charge is -2.11. The van der Waals surface area contributed by atoms with Crippen molar-refractivity contribution in [3.05, 3.63) is 17.5 Å². The number of rotatable bonds is 5. The van der Waals surface area contributed by atoms with E-state index in [1.807, 2.05) is 6.92 Å². The Morgan fingerprint density at radius 1 is 1.43 bits per heavy atom. The van der Waals surface area contributed by atoms with E-state index in [9.17, 15) is 0 Å². The van der Waals surface area contributed by atoms with Crippen LogP contribution in [-0.2, 0) is 13.0 Å². The largest absolute Gasteiger partial charge is 0.270 e. The summed E-state index contributed by atoms with van der Waals surface area (Å²) in [5, 5.41) is 6.50. The first kappa shape index (κ1) is 12.2. The summed E-state index contributed by atoms with van der Waals surface area (Å²) in [4.78, 5) is 0. The zero-order valence-electron chi connectivity index (χ0n) is 8.63. The summed E-state index contributed by atoms with van der Waals surface area (Å²) in [6, 6.07) is 2.18. The van der Waals surface area contributed by atoms with E-state index >= 15 is 0 Å². The molecule has 0 amide bonds. The normalized spacial score (nSPS) is 11.2. The number of aryl methyl sites for hydroxylation is 2. The minimum atomic E-state index is 0.649. The van der Waals surface area contributed by atoms with Gasteiger partial charge < -0.3 is 0 Å². The molecule has 0 aliphatic heterocycles. The van der Waals surface area contributed by atoms with Gasteiger partial charge in [-0.25, -0.2) is 0 Å². The van der Waals surface area contributed by atoms with Crippen LogP contribution in [0.25, 0.3) is 0 Å². The van der Waals surface area contributed by atoms with E-state index in [1.54, 1.807) is 0 Å². The fourth-order valence-electron chi connectivity index (χ4n) is 1.48. The summed E-state index contributed by atoms with van der Waals surface area (Å²) in [6.07, 6.45) is 1.09. The van der Waals surface area contributed by atoms with E-state index in [0.717, 1.165) is 29.3 Å². The number of hydrogen-bond donors (Lipinski definition) is 0. The summed E-state index contributed by atoms with van der Waals surface area (Å²) in [5.74, 6) is 0.649. The molecule has 0 aromatic carbocycles. The Kier molecular flexibility index (Phi) is 5.17. The van der Waals surface area contributed by atoms with Crippen LogP contribution in [0.4, 0.5) is 0 Å². The molecule has 1 rings (SSSR count). The molecule has 0 saturated heterocycles. The van der Waals surface area contributed by atoms with Gasteiger partial charge in [-0.2, -0.15) is 5.10 Å². The van der Waals surface area contributed by atoms with Crippen molar-refractivity contribution >= 4 is 31.9 Å². The second kappa shape index (κ2) is 5.91. The Morgan fingerprint density at radius 2 is 2.07 bits per heavy atom. The third-order valence-electron chi connectivity index (χ3n) is 2.22. The molecule has 80 valence electrons. The first-order valence-corrected chi connectivity index (χ1v) is 7.10. The van der Waals surface area contributed by atoms with Crippen LogP contribution in [0, 0.1) is 12.8 Å². The number of alkyl halides is 2. The number of halogens is 2. The molecule has 1 aromatic heterocycles. The quantitative estimate of drug-likeness (QED) is 0.761. The highest BCUT2D eigenvalue weighted by Crippen LogP contribution is 2.14. The molecule has 14 heavy (non-hydrogen) atoms. The van der Waals surface area contributed by atoms with Crippen LogP contribution >= 0.6 is 31.9 Å². The van der Waals surface area contributed by atoms with Crippen molar-refractivity contribution in [3.8, 4) is 0 Å². The van der Waals surface area contributed by atoms with Gasteiger partial charge in [0.1, 0.15) is 0 Å². The third kappa shape index (κ3) is 3.09. The number of hydrogen-bond acceptors (Lipinski definition) is 1. The van der Waals surface area contributed by atoms with Gasteiger partial charge in [0.25, 0.3) is 0 Å². The van der Waals surface area contributed by atoms with Crippen molar-refractivity contribution in [1.29, 1.82) is 0 Å². The van der Waals surface area contributed by atoms with Crippen LogP contribution in [0.2, 0.25) is 0 Å². The topological polar surface area (TPSA) is 17.8 Å². The number of aromatic nitrogens is 2. The summed E-state index contributed by atoms with van der Waals surface area (Å²) in [6.45, 7) is 5.14. The average molecular weight is 324 g/mol. The molecular formula is C10H16Br2N2. The monoisotopic (exact) mass is 322 g/mol. The summed E-state index contributed by atoms with van der Waals surface area (Å²) >= 11 is 7.05. The van der Waals surface area contributed by atoms with Crippen LogP contribution in [-0.4, -0.2) is 20.4 Å². The molecular weight excluding hydrogens is 308 g/mol. The molecule has 0 bridgehead atoms. The fourth-order valence-corrected chi connectivity index (χ4v) is 3.01. The van der Waals surface area contributed by atoms with E-state index in [2.05, 4.69) is 54.6 Å². The molecule has 0 atom stereocenters. The predicted octanol–water partition coefficient (Wildman–Crippen LogP) is 3.16. The Bertz CT molecular complexity index is 280. The highest BCUT2D eigenvalue weighted by atomic mass is 79.9. The smallest absolute Gasteiger partial charge is 0.0596 e. The van der Waals surface area contributed by atoms with Crippen molar-refractivity contribution in [2.45, 2.75) is 26.8 Å². The molecule has 2 nitrogen and oxygen atoms in total. The second-order valence-electron chi connectivity index (χ2n) is 3.47. The third-order valence-corrected chi connectivity index (χ3v) is 4.05. The second-order valence-corrected chi connectivity index (χ2v) is 4.77. The average Bonchev–Trinajstić information content (AvgIpc) is 2.55. The van der Waals surface area contributed by atoms with Gasteiger partial charge in [0.15, 0.2) is 0 Å². The van der Waals surface area contributed by atoms with Gasteiger partial charge in [0.05, 0.1) is 5.69 Å². The van der Waals surface area contributed by atoms with Gasteiger partial charge in [-0.1, -0.05) is 31.9 Å². The molecule has 0 spiro atoms. The Labute approximate surface area is 102 Å². The number of nitrogens with zero attached hydrogens (tertiary/aromatic N) is 2. The van der Waals surface area contributed by atoms with E-state index in [4.69, 9.17) is 0 Å². The van der Waals surface area contributed by atoms with Crippen LogP contribution in [0.3, 0.4) is 0 Å². The van der Waals surface area contributed by atoms with Crippen molar-refractivity contribution in [1.82, 2.24) is 9.78 Å². The Morgan fingerprint density at radius 3 is 2.57 bits per heavy atom. The van der Waals surface area contributed by atoms with Crippen molar-refractivity contribution in [2.24, 2.45) is 5.92 Å². The van der Waals surface area contributed by atoms with Crippen molar-refractivity contribution < 1.29 is 0 Å². The summed E-state index contributed by atoms with van der Waals surface area (Å²) in [5.41, 5.74) is 2.46. The van der Waals surface area contributed by atoms with Crippen LogP contribution in [0.5, 0.6) is 0 Å². The highest BCUT2D eigenvalue weighted by Gasteiger charge is 2.10. The van der Waals surface area contributed by atoms with E-state index in [-0.39, 0.29) is 0 Å². The molecule has 1 heterocycles. The van der Waals surface area contributed by atoms with Gasteiger partial charge in [-0.3, -0.25) is 4.68 Å². The molecule has 0 saturated carbocycles. The lowest BCUT2D eigenvalue weighted by Crippen LogP contribution is -2.12. The Balaban J connectivity index is 2.73. The van der Waals surface area contributed by atoms with E-state index in [0.29, 0.717) is 5.92 Å². The molecule has 0 unspecified atom stereocenters. The van der Waals surface area contributed by atoms with Crippen LogP contribution < -0.4 is 0 Å². The maximum atomic E-state index is 4.44. The molecule has 0 radical (unpaired) electrons. The zero-order chi connectivity index (χ0) is 10.6. The molecule has 0 N–H and O–H groups in total. The summed E-state index contributed by atoms with van der Waals surface area (Å²) in [7, 11) is 0.